The highest BCUT2D eigenvalue weighted by Gasteiger charge is 2.24. The fraction of sp³-hybridized carbons (Fsp3) is 0.300. The Balaban J connectivity index is 0.000000209. The zero-order chi connectivity index (χ0) is 12.8. The molecular weight excluding hydrogens is 230 g/mol. The third-order valence-corrected chi connectivity index (χ3v) is 2.25. The first-order valence-electron chi connectivity index (χ1n) is 5.00. The van der Waals surface area contributed by atoms with E-state index in [1.54, 1.807) is 16.9 Å². The standard InChI is InChI=1S/C9H8F2.CH6N4O/c10-8-4-3-7(5-9(8)11)6-1-2-6;2-4-1(6)5-3/h3-6H,1-2H2;2-3H2,(H2,4,5,6). The van der Waals surface area contributed by atoms with Crippen LogP contribution in [0.3, 0.4) is 0 Å². The van der Waals surface area contributed by atoms with Crippen LogP contribution < -0.4 is 22.5 Å². The van der Waals surface area contributed by atoms with Crippen molar-refractivity contribution in [2.45, 2.75) is 18.8 Å². The maximum atomic E-state index is 12.6. The van der Waals surface area contributed by atoms with Crippen molar-refractivity contribution in [1.82, 2.24) is 10.9 Å². The van der Waals surface area contributed by atoms with Gasteiger partial charge in [-0.25, -0.2) is 25.3 Å². The molecule has 5 nitrogen and oxygen atoms in total. The molecule has 1 aromatic carbocycles. The number of halogens is 2. The second-order valence-corrected chi connectivity index (χ2v) is 3.57. The van der Waals surface area contributed by atoms with Gasteiger partial charge in [0.1, 0.15) is 0 Å². The molecule has 0 bridgehead atoms. The van der Waals surface area contributed by atoms with Crippen molar-refractivity contribution in [3.05, 3.63) is 35.4 Å². The van der Waals surface area contributed by atoms with Gasteiger partial charge in [0.05, 0.1) is 0 Å². The lowest BCUT2D eigenvalue weighted by molar-refractivity contribution is 0.241. The molecular formula is C10H14F2N4O. The Bertz CT molecular complexity index is 390. The minimum atomic E-state index is -0.755. The van der Waals surface area contributed by atoms with Crippen molar-refractivity contribution in [2.75, 3.05) is 0 Å². The zero-order valence-electron chi connectivity index (χ0n) is 9.04. The molecule has 1 saturated carbocycles. The van der Waals surface area contributed by atoms with Gasteiger partial charge < -0.3 is 0 Å². The summed E-state index contributed by atoms with van der Waals surface area (Å²) in [4.78, 5) is 9.71. The number of nitrogens with one attached hydrogen (secondary N) is 2. The topological polar surface area (TPSA) is 93.2 Å². The lowest BCUT2D eigenvalue weighted by Crippen LogP contribution is -2.43. The van der Waals surface area contributed by atoms with Gasteiger partial charge in [-0.15, -0.1) is 0 Å². The first-order chi connectivity index (χ1) is 8.08. The summed E-state index contributed by atoms with van der Waals surface area (Å²) in [6, 6.07) is 3.56. The maximum absolute atomic E-state index is 12.6. The summed E-state index contributed by atoms with van der Waals surface area (Å²) >= 11 is 0. The van der Waals surface area contributed by atoms with Gasteiger partial charge in [0.25, 0.3) is 0 Å². The van der Waals surface area contributed by atoms with Gasteiger partial charge in [0, 0.05) is 0 Å². The molecule has 7 heteroatoms. The number of hydrogen-bond donors (Lipinski definition) is 4. The van der Waals surface area contributed by atoms with E-state index in [9.17, 15) is 13.6 Å². The number of carbonyl (C=O) groups excluding carboxylic acids is 1. The Kier molecular flexibility index (Phi) is 4.80. The Morgan fingerprint density at radius 1 is 1.18 bits per heavy atom. The van der Waals surface area contributed by atoms with Gasteiger partial charge in [-0.1, -0.05) is 6.07 Å². The molecule has 0 radical (unpaired) electrons. The second kappa shape index (κ2) is 6.12. The minimum absolute atomic E-state index is 0.491. The molecule has 1 aliphatic rings. The van der Waals surface area contributed by atoms with Crippen LogP contribution in [0, 0.1) is 11.6 Å². The molecule has 1 aromatic rings. The van der Waals surface area contributed by atoms with E-state index in [0.717, 1.165) is 18.4 Å². The Morgan fingerprint density at radius 3 is 2.12 bits per heavy atom. The highest BCUT2D eigenvalue weighted by molar-refractivity contribution is 5.72. The third kappa shape index (κ3) is 4.33. The lowest BCUT2D eigenvalue weighted by Gasteiger charge is -1.97. The molecule has 94 valence electrons. The Morgan fingerprint density at radius 2 is 1.76 bits per heavy atom. The number of amides is 2. The number of nitrogens with two attached hydrogens (primary N) is 2. The first kappa shape index (κ1) is 13.3. The number of carbonyl (C=O) groups is 1. The molecule has 1 aliphatic carbocycles. The third-order valence-electron chi connectivity index (χ3n) is 2.25. The molecule has 0 spiro atoms. The molecule has 0 atom stereocenters. The fourth-order valence-corrected chi connectivity index (χ4v) is 1.22. The van der Waals surface area contributed by atoms with Gasteiger partial charge >= 0.3 is 6.03 Å². The average molecular weight is 244 g/mol. The van der Waals surface area contributed by atoms with Crippen LogP contribution in [-0.2, 0) is 0 Å². The van der Waals surface area contributed by atoms with E-state index < -0.39 is 17.7 Å². The van der Waals surface area contributed by atoms with Gasteiger partial charge in [0.15, 0.2) is 11.6 Å². The molecule has 0 saturated heterocycles. The molecule has 0 aliphatic heterocycles. The van der Waals surface area contributed by atoms with Gasteiger partial charge in [0.2, 0.25) is 0 Å². The van der Waals surface area contributed by atoms with Gasteiger partial charge in [-0.2, -0.15) is 0 Å². The fourth-order valence-electron chi connectivity index (χ4n) is 1.22. The van der Waals surface area contributed by atoms with Crippen molar-refractivity contribution in [2.24, 2.45) is 11.7 Å². The van der Waals surface area contributed by atoms with Crippen LogP contribution in [0.4, 0.5) is 13.6 Å². The average Bonchev–Trinajstić information content (AvgIpc) is 3.16. The maximum Gasteiger partial charge on any atom is 0.343 e. The lowest BCUT2D eigenvalue weighted by atomic mass is 10.1. The van der Waals surface area contributed by atoms with E-state index in [1.165, 1.54) is 12.1 Å². The first-order valence-corrected chi connectivity index (χ1v) is 5.00. The van der Waals surface area contributed by atoms with E-state index in [1.807, 2.05) is 0 Å². The van der Waals surface area contributed by atoms with Crippen molar-refractivity contribution in [3.8, 4) is 0 Å². The van der Waals surface area contributed by atoms with E-state index in [-0.39, 0.29) is 0 Å². The normalized spacial score (nSPS) is 13.4. The number of hydrogen-bond acceptors (Lipinski definition) is 3. The van der Waals surface area contributed by atoms with E-state index in [4.69, 9.17) is 0 Å². The number of urea groups is 1. The number of benzene rings is 1. The van der Waals surface area contributed by atoms with Crippen molar-refractivity contribution >= 4 is 6.03 Å². The van der Waals surface area contributed by atoms with Crippen LogP contribution in [0.15, 0.2) is 18.2 Å². The summed E-state index contributed by atoms with van der Waals surface area (Å²) in [5.41, 5.74) is 4.41. The minimum Gasteiger partial charge on any atom is -0.275 e. The Hall–Kier alpha value is -1.73. The van der Waals surface area contributed by atoms with Crippen LogP contribution >= 0.6 is 0 Å². The van der Waals surface area contributed by atoms with Gasteiger partial charge in [-0.3, -0.25) is 10.9 Å². The predicted octanol–water partition coefficient (Wildman–Crippen LogP) is 0.875. The summed E-state index contributed by atoms with van der Waals surface area (Å²) in [6.07, 6.45) is 2.23. The van der Waals surface area contributed by atoms with Crippen molar-refractivity contribution < 1.29 is 13.6 Å². The van der Waals surface area contributed by atoms with Crippen LogP contribution in [0.5, 0.6) is 0 Å². The van der Waals surface area contributed by atoms with Crippen LogP contribution in [-0.4, -0.2) is 6.03 Å². The van der Waals surface area contributed by atoms with E-state index in [2.05, 4.69) is 11.7 Å². The Labute approximate surface area is 97.1 Å². The largest absolute Gasteiger partial charge is 0.343 e. The molecule has 17 heavy (non-hydrogen) atoms. The molecule has 1 fully saturated rings. The predicted molar refractivity (Wildman–Crippen MR) is 58.4 cm³/mol. The van der Waals surface area contributed by atoms with E-state index >= 15 is 0 Å². The van der Waals surface area contributed by atoms with Crippen molar-refractivity contribution in [1.29, 1.82) is 0 Å². The summed E-state index contributed by atoms with van der Waals surface area (Å²) in [5, 5.41) is 0. The smallest absolute Gasteiger partial charge is 0.275 e. The molecule has 0 heterocycles. The highest BCUT2D eigenvalue weighted by Crippen LogP contribution is 2.40. The summed E-state index contributed by atoms with van der Waals surface area (Å²) in [5.74, 6) is 8.09. The molecule has 0 aromatic heterocycles. The quantitative estimate of drug-likeness (QED) is 0.335. The highest BCUT2D eigenvalue weighted by atomic mass is 19.2. The monoisotopic (exact) mass is 244 g/mol. The zero-order valence-corrected chi connectivity index (χ0v) is 9.04. The molecule has 0 unspecified atom stereocenters. The van der Waals surface area contributed by atoms with Gasteiger partial charge in [-0.05, 0) is 36.5 Å². The van der Waals surface area contributed by atoms with Crippen LogP contribution in [0.1, 0.15) is 24.3 Å². The number of hydrazine groups is 2. The van der Waals surface area contributed by atoms with E-state index in [0.29, 0.717) is 5.92 Å². The molecule has 6 N–H and O–H groups in total. The SMILES string of the molecule is Fc1ccc(C2CC2)cc1F.NNC(=O)NN. The molecule has 2 rings (SSSR count). The summed E-state index contributed by atoms with van der Waals surface area (Å²) in [6.45, 7) is 0. The van der Waals surface area contributed by atoms with Crippen molar-refractivity contribution in [3.63, 3.8) is 0 Å². The van der Waals surface area contributed by atoms with Crippen LogP contribution in [0.25, 0.3) is 0 Å². The second-order valence-electron chi connectivity index (χ2n) is 3.57. The van der Waals surface area contributed by atoms with Crippen LogP contribution in [0.2, 0.25) is 0 Å². The summed E-state index contributed by atoms with van der Waals surface area (Å²) < 4.78 is 25.0. The summed E-state index contributed by atoms with van der Waals surface area (Å²) in [7, 11) is 0. The number of rotatable bonds is 1. The molecule has 2 amide bonds.